The minimum Gasteiger partial charge on any atom is -0.493 e. The minimum absolute atomic E-state index is 0.0477. The Labute approximate surface area is 138 Å². The Morgan fingerprint density at radius 2 is 1.91 bits per heavy atom. The molecule has 4 rings (SSSR count). The topological polar surface area (TPSA) is 21.3 Å². The lowest BCUT2D eigenvalue weighted by Crippen LogP contribution is -2.42. The molecule has 2 heteroatoms. The number of rotatable bonds is 2. The maximum Gasteiger partial charge on any atom is 0.125 e. The Morgan fingerprint density at radius 3 is 2.65 bits per heavy atom. The van der Waals surface area contributed by atoms with Gasteiger partial charge < -0.3 is 10.1 Å². The number of hydrogen-bond donors (Lipinski definition) is 1. The lowest BCUT2D eigenvalue weighted by molar-refractivity contribution is 0.324. The van der Waals surface area contributed by atoms with E-state index in [-0.39, 0.29) is 11.0 Å². The first-order valence-electron chi connectivity index (χ1n) is 8.56. The normalized spacial score (nSPS) is 27.2. The van der Waals surface area contributed by atoms with Gasteiger partial charge in [-0.3, -0.25) is 0 Å². The fraction of sp³-hybridized carbons (Fsp3) is 0.429. The van der Waals surface area contributed by atoms with Gasteiger partial charge in [0, 0.05) is 11.1 Å². The second-order valence-electron chi connectivity index (χ2n) is 7.42. The van der Waals surface area contributed by atoms with Gasteiger partial charge in [-0.15, -0.1) is 0 Å². The van der Waals surface area contributed by atoms with E-state index in [1.54, 1.807) is 0 Å². The average Bonchev–Trinajstić information content (AvgIpc) is 2.85. The highest BCUT2D eigenvalue weighted by Gasteiger charge is 2.58. The van der Waals surface area contributed by atoms with Crippen molar-refractivity contribution in [3.8, 4) is 5.75 Å². The monoisotopic (exact) mass is 307 g/mol. The smallest absolute Gasteiger partial charge is 0.125 e. The van der Waals surface area contributed by atoms with Gasteiger partial charge in [-0.2, -0.15) is 0 Å². The molecule has 2 aromatic rings. The largest absolute Gasteiger partial charge is 0.493 e. The van der Waals surface area contributed by atoms with Gasteiger partial charge in [0.2, 0.25) is 0 Å². The molecule has 0 unspecified atom stereocenters. The molecule has 1 heterocycles. The molecule has 23 heavy (non-hydrogen) atoms. The molecule has 0 aromatic heterocycles. The highest BCUT2D eigenvalue weighted by atomic mass is 16.5. The summed E-state index contributed by atoms with van der Waals surface area (Å²) in [6.07, 6.45) is 1.08. The van der Waals surface area contributed by atoms with Crippen LogP contribution in [0.1, 0.15) is 48.6 Å². The summed E-state index contributed by atoms with van der Waals surface area (Å²) >= 11 is 0. The lowest BCUT2D eigenvalue weighted by atomic mass is 9.69. The molecule has 2 nitrogen and oxygen atoms in total. The molecule has 0 bridgehead atoms. The van der Waals surface area contributed by atoms with Crippen molar-refractivity contribution in [2.24, 2.45) is 0 Å². The van der Waals surface area contributed by atoms with Crippen LogP contribution in [0.15, 0.2) is 30.3 Å². The number of ether oxygens (including phenoxy) is 1. The van der Waals surface area contributed by atoms with Crippen molar-refractivity contribution in [3.05, 3.63) is 58.1 Å². The van der Waals surface area contributed by atoms with E-state index in [0.717, 1.165) is 12.2 Å². The second-order valence-corrected chi connectivity index (χ2v) is 7.42. The Bertz CT molecular complexity index is 810. The number of anilines is 1. The third-order valence-corrected chi connectivity index (χ3v) is 6.13. The van der Waals surface area contributed by atoms with Crippen LogP contribution in [0.5, 0.6) is 5.75 Å². The van der Waals surface area contributed by atoms with Crippen LogP contribution in [-0.4, -0.2) is 6.61 Å². The van der Waals surface area contributed by atoms with Crippen LogP contribution >= 0.6 is 0 Å². The molecule has 1 aliphatic heterocycles. The molecule has 0 saturated heterocycles. The second kappa shape index (κ2) is 4.53. The van der Waals surface area contributed by atoms with Crippen molar-refractivity contribution in [1.82, 2.24) is 0 Å². The highest BCUT2D eigenvalue weighted by molar-refractivity contribution is 5.74. The fourth-order valence-electron chi connectivity index (χ4n) is 4.97. The van der Waals surface area contributed by atoms with Crippen molar-refractivity contribution in [3.63, 3.8) is 0 Å². The van der Waals surface area contributed by atoms with Gasteiger partial charge in [0.1, 0.15) is 5.75 Å². The third-order valence-electron chi connectivity index (χ3n) is 6.13. The average molecular weight is 307 g/mol. The molecule has 0 radical (unpaired) electrons. The number of benzene rings is 2. The molecule has 2 aliphatic rings. The summed E-state index contributed by atoms with van der Waals surface area (Å²) in [6, 6.07) is 11.1. The van der Waals surface area contributed by atoms with Crippen LogP contribution < -0.4 is 10.1 Å². The van der Waals surface area contributed by atoms with E-state index in [9.17, 15) is 0 Å². The number of hydrogen-bond acceptors (Lipinski definition) is 2. The van der Waals surface area contributed by atoms with E-state index >= 15 is 0 Å². The Morgan fingerprint density at radius 1 is 1.17 bits per heavy atom. The van der Waals surface area contributed by atoms with E-state index in [2.05, 4.69) is 70.3 Å². The summed E-state index contributed by atoms with van der Waals surface area (Å²) < 4.78 is 5.97. The van der Waals surface area contributed by atoms with Gasteiger partial charge in [0.05, 0.1) is 12.1 Å². The van der Waals surface area contributed by atoms with Crippen molar-refractivity contribution < 1.29 is 4.74 Å². The molecule has 0 amide bonds. The van der Waals surface area contributed by atoms with E-state index in [1.165, 1.54) is 33.5 Å². The lowest BCUT2D eigenvalue weighted by Gasteiger charge is -2.36. The van der Waals surface area contributed by atoms with E-state index < -0.39 is 0 Å². The summed E-state index contributed by atoms with van der Waals surface area (Å²) in [5, 5.41) is 3.86. The van der Waals surface area contributed by atoms with Crippen molar-refractivity contribution in [1.29, 1.82) is 0 Å². The van der Waals surface area contributed by atoms with E-state index in [1.807, 2.05) is 0 Å². The van der Waals surface area contributed by atoms with Gasteiger partial charge in [0.25, 0.3) is 0 Å². The summed E-state index contributed by atoms with van der Waals surface area (Å²) in [5.74, 6) is 1.06. The number of aryl methyl sites for hydroxylation is 1. The number of nitrogens with one attached hydrogen (secondary N) is 1. The molecule has 120 valence electrons. The molecule has 0 fully saturated rings. The maximum absolute atomic E-state index is 5.97. The summed E-state index contributed by atoms with van der Waals surface area (Å²) in [7, 11) is 0. The van der Waals surface area contributed by atoms with Crippen molar-refractivity contribution in [2.45, 2.75) is 52.0 Å². The van der Waals surface area contributed by atoms with Crippen LogP contribution in [0.2, 0.25) is 0 Å². The van der Waals surface area contributed by atoms with Crippen LogP contribution in [0, 0.1) is 13.8 Å². The molecular formula is C21H25NO. The zero-order valence-corrected chi connectivity index (χ0v) is 14.7. The zero-order valence-electron chi connectivity index (χ0n) is 14.7. The van der Waals surface area contributed by atoms with E-state index in [0.29, 0.717) is 6.61 Å². The van der Waals surface area contributed by atoms with Gasteiger partial charge in [-0.25, -0.2) is 0 Å². The van der Waals surface area contributed by atoms with Crippen LogP contribution in [0.25, 0.3) is 0 Å². The molecule has 1 N–H and O–H groups in total. The first kappa shape index (κ1) is 14.6. The summed E-state index contributed by atoms with van der Waals surface area (Å²) in [6.45, 7) is 11.9. The first-order chi connectivity index (χ1) is 10.9. The first-order valence-corrected chi connectivity index (χ1v) is 8.56. The van der Waals surface area contributed by atoms with E-state index in [4.69, 9.17) is 4.74 Å². The Hall–Kier alpha value is -1.96. The van der Waals surface area contributed by atoms with Gasteiger partial charge >= 0.3 is 0 Å². The molecule has 0 spiro atoms. The number of fused-ring (bicyclic) bond motifs is 5. The quantitative estimate of drug-likeness (QED) is 0.855. The van der Waals surface area contributed by atoms with Crippen LogP contribution in [0.4, 0.5) is 5.69 Å². The summed E-state index contributed by atoms with van der Waals surface area (Å²) in [5.41, 5.74) is 8.16. The van der Waals surface area contributed by atoms with Crippen LogP contribution in [0.3, 0.4) is 0 Å². The predicted octanol–water partition coefficient (Wildman–Crippen LogP) is 4.86. The molecule has 1 aliphatic carbocycles. The third kappa shape index (κ3) is 1.64. The molecule has 0 saturated carbocycles. The van der Waals surface area contributed by atoms with Crippen molar-refractivity contribution >= 4 is 5.69 Å². The van der Waals surface area contributed by atoms with Crippen molar-refractivity contribution in [2.75, 3.05) is 11.9 Å². The Balaban J connectivity index is 1.96. The van der Waals surface area contributed by atoms with Gasteiger partial charge in [0.15, 0.2) is 0 Å². The minimum atomic E-state index is -0.0477. The summed E-state index contributed by atoms with van der Waals surface area (Å²) in [4.78, 5) is 0. The van der Waals surface area contributed by atoms with Gasteiger partial charge in [-0.05, 0) is 68.0 Å². The van der Waals surface area contributed by atoms with Gasteiger partial charge in [-0.1, -0.05) is 31.2 Å². The standard InChI is InChI=1S/C21H25NO/c1-6-23-19-13(2)11-17-18(14(19)3)20(4)12-15-9-7-8-10-16(15)21(20,5)22-17/h7-11,22H,6,12H2,1-5H3/t20-,21-/m1/s1. The van der Waals surface area contributed by atoms with Crippen LogP contribution in [-0.2, 0) is 17.4 Å². The predicted molar refractivity (Wildman–Crippen MR) is 95.6 cm³/mol. The Kier molecular flexibility index (Phi) is 2.88. The molecule has 2 aromatic carbocycles. The fourth-order valence-corrected chi connectivity index (χ4v) is 4.97. The highest BCUT2D eigenvalue weighted by Crippen LogP contribution is 2.61. The molecule has 2 atom stereocenters. The SMILES string of the molecule is CCOc1c(C)cc2c(c1C)[C@@]1(C)Cc3ccccc3[C@@]1(C)N2. The maximum atomic E-state index is 5.97. The molecular weight excluding hydrogens is 282 g/mol. The zero-order chi connectivity index (χ0) is 16.4.